The molecule has 0 aliphatic heterocycles. The predicted molar refractivity (Wildman–Crippen MR) is 108 cm³/mol. The lowest BCUT2D eigenvalue weighted by Crippen LogP contribution is -2.31. The fourth-order valence-corrected chi connectivity index (χ4v) is 2.50. The number of ether oxygens (including phenoxy) is 1. The molecule has 1 aromatic carbocycles. The zero-order valence-corrected chi connectivity index (χ0v) is 15.7. The first kappa shape index (κ1) is 18.5. The molecule has 11 heteroatoms. The van der Waals surface area contributed by atoms with Crippen LogP contribution in [0.5, 0.6) is 11.5 Å². The van der Waals surface area contributed by atoms with Gasteiger partial charge in [-0.1, -0.05) is 0 Å². The van der Waals surface area contributed by atoms with Crippen molar-refractivity contribution in [2.24, 2.45) is 5.10 Å². The molecule has 3 aromatic rings. The summed E-state index contributed by atoms with van der Waals surface area (Å²) >= 11 is 10.4. The Balaban J connectivity index is 1.68. The van der Waals surface area contributed by atoms with Crippen molar-refractivity contribution in [2.45, 2.75) is 0 Å². The number of nitrogens with one attached hydrogen (secondary N) is 3. The number of aromatic hydroxyl groups is 1. The van der Waals surface area contributed by atoms with E-state index >= 15 is 0 Å². The van der Waals surface area contributed by atoms with Crippen molar-refractivity contribution < 1.29 is 9.84 Å². The number of methoxy groups -OCH3 is 1. The normalized spacial score (nSPS) is 10.7. The quantitative estimate of drug-likeness (QED) is 0.292. The third kappa shape index (κ3) is 4.46. The van der Waals surface area contributed by atoms with E-state index in [0.29, 0.717) is 21.9 Å². The molecule has 0 amide bonds. The monoisotopic (exact) mass is 401 g/mol. The van der Waals surface area contributed by atoms with Crippen molar-refractivity contribution in [1.29, 1.82) is 0 Å². The maximum absolute atomic E-state index is 9.77. The number of aromatic amines is 1. The highest BCUT2D eigenvalue weighted by molar-refractivity contribution is 7.80. The molecule has 27 heavy (non-hydrogen) atoms. The number of rotatable bonds is 5. The number of pyridine rings is 1. The molecule has 0 spiro atoms. The second-order valence-electron chi connectivity index (χ2n) is 5.17. The van der Waals surface area contributed by atoms with E-state index in [0.717, 1.165) is 5.56 Å². The predicted octanol–water partition coefficient (Wildman–Crippen LogP) is 2.17. The van der Waals surface area contributed by atoms with Gasteiger partial charge in [0.15, 0.2) is 17.3 Å². The molecule has 0 radical (unpaired) electrons. The van der Waals surface area contributed by atoms with Crippen molar-refractivity contribution in [2.75, 3.05) is 12.5 Å². The number of hydrogen-bond donors (Lipinski definition) is 4. The van der Waals surface area contributed by atoms with Gasteiger partial charge in [0.1, 0.15) is 0 Å². The van der Waals surface area contributed by atoms with Gasteiger partial charge in [-0.3, -0.25) is 15.8 Å². The van der Waals surface area contributed by atoms with Crippen LogP contribution >= 0.6 is 24.4 Å². The van der Waals surface area contributed by atoms with E-state index in [1.807, 2.05) is 0 Å². The maximum Gasteiger partial charge on any atom is 0.215 e. The summed E-state index contributed by atoms with van der Waals surface area (Å²) in [5, 5.41) is 20.9. The summed E-state index contributed by atoms with van der Waals surface area (Å²) in [5.41, 5.74) is 7.07. The Morgan fingerprint density at radius 3 is 2.81 bits per heavy atom. The molecule has 2 aromatic heterocycles. The Hall–Kier alpha value is -3.31. The van der Waals surface area contributed by atoms with Crippen LogP contribution in [0.4, 0.5) is 0 Å². The first-order valence-corrected chi connectivity index (χ1v) is 8.45. The number of aromatic nitrogens is 4. The number of thiocarbonyl (C=S) groups is 1. The van der Waals surface area contributed by atoms with Crippen LogP contribution in [-0.2, 0) is 0 Å². The first-order chi connectivity index (χ1) is 13.1. The summed E-state index contributed by atoms with van der Waals surface area (Å²) in [6, 6.07) is 8.50. The number of phenols is 1. The van der Waals surface area contributed by atoms with E-state index in [1.54, 1.807) is 36.7 Å². The van der Waals surface area contributed by atoms with Crippen molar-refractivity contribution in [3.8, 4) is 22.9 Å². The number of hydrazone groups is 1. The Kier molecular flexibility index (Phi) is 5.74. The van der Waals surface area contributed by atoms with Gasteiger partial charge in [-0.05, 0) is 60.3 Å². The summed E-state index contributed by atoms with van der Waals surface area (Å²) in [7, 11) is 1.48. The van der Waals surface area contributed by atoms with Gasteiger partial charge in [-0.15, -0.1) is 0 Å². The smallest absolute Gasteiger partial charge is 0.215 e. The number of hydrogen-bond acceptors (Lipinski definition) is 7. The molecule has 9 nitrogen and oxygen atoms in total. The molecule has 0 saturated carbocycles. The minimum Gasteiger partial charge on any atom is -0.504 e. The van der Waals surface area contributed by atoms with Crippen LogP contribution in [0.3, 0.4) is 0 Å². The maximum atomic E-state index is 9.77. The zero-order valence-electron chi connectivity index (χ0n) is 14.1. The fourth-order valence-electron chi connectivity index (χ4n) is 2.17. The molecular weight excluding hydrogens is 386 g/mol. The molecule has 4 N–H and O–H groups in total. The summed E-state index contributed by atoms with van der Waals surface area (Å²) < 4.78 is 6.86. The average molecular weight is 401 g/mol. The minimum atomic E-state index is 0.0221. The molecule has 138 valence electrons. The number of benzene rings is 1. The Morgan fingerprint density at radius 2 is 2.11 bits per heavy atom. The molecule has 3 rings (SSSR count). The van der Waals surface area contributed by atoms with E-state index in [-0.39, 0.29) is 10.9 Å². The van der Waals surface area contributed by atoms with E-state index < -0.39 is 0 Å². The van der Waals surface area contributed by atoms with Crippen LogP contribution in [0.25, 0.3) is 11.4 Å². The van der Waals surface area contributed by atoms with Gasteiger partial charge in [0.05, 0.1) is 13.3 Å². The van der Waals surface area contributed by atoms with Crippen molar-refractivity contribution in [3.05, 3.63) is 53.1 Å². The number of phenolic OH excluding ortho intramolecular Hbond substituents is 1. The highest BCUT2D eigenvalue weighted by atomic mass is 32.1. The van der Waals surface area contributed by atoms with Gasteiger partial charge in [0.2, 0.25) is 9.88 Å². The average Bonchev–Trinajstić information content (AvgIpc) is 3.03. The molecule has 2 heterocycles. The van der Waals surface area contributed by atoms with Crippen LogP contribution in [-0.4, -0.2) is 43.4 Å². The lowest BCUT2D eigenvalue weighted by Gasteiger charge is -2.10. The molecule has 0 aliphatic rings. The lowest BCUT2D eigenvalue weighted by atomic mass is 10.2. The molecule has 0 bridgehead atoms. The molecule has 0 fully saturated rings. The summed E-state index contributed by atoms with van der Waals surface area (Å²) in [6.45, 7) is 0. The standard InChI is InChI=1S/C16H15N7O2S2/c1-25-13-3-2-10(8-12(13)24)9-18-20-15(26)22-23-14(19-21-16(23)27)11-4-6-17-7-5-11/h2-9,24H,1H3,(H,21,27)(H2,20,22,26)/b18-9+. The van der Waals surface area contributed by atoms with Crippen molar-refractivity contribution >= 4 is 35.8 Å². The second-order valence-corrected chi connectivity index (χ2v) is 5.96. The topological polar surface area (TPSA) is 112 Å². The molecule has 0 unspecified atom stereocenters. The van der Waals surface area contributed by atoms with Crippen LogP contribution in [0, 0.1) is 4.77 Å². The van der Waals surface area contributed by atoms with Gasteiger partial charge in [0, 0.05) is 18.0 Å². The number of H-pyrrole nitrogens is 1. The van der Waals surface area contributed by atoms with E-state index in [1.165, 1.54) is 24.1 Å². The summed E-state index contributed by atoms with van der Waals surface area (Å²) in [4.78, 5) is 3.98. The summed E-state index contributed by atoms with van der Waals surface area (Å²) in [5.74, 6) is 0.958. The highest BCUT2D eigenvalue weighted by Gasteiger charge is 2.09. The molecule has 0 saturated heterocycles. The van der Waals surface area contributed by atoms with Crippen LogP contribution < -0.4 is 15.6 Å². The van der Waals surface area contributed by atoms with Gasteiger partial charge >= 0.3 is 0 Å². The fraction of sp³-hybridized carbons (Fsp3) is 0.0625. The van der Waals surface area contributed by atoms with Gasteiger partial charge in [-0.2, -0.15) is 10.2 Å². The third-order valence-electron chi connectivity index (χ3n) is 3.41. The van der Waals surface area contributed by atoms with E-state index in [9.17, 15) is 5.11 Å². The SMILES string of the molecule is COc1ccc(/C=N/NC(=S)Nn2c(-c3ccncc3)n[nH]c2=S)cc1O. The van der Waals surface area contributed by atoms with E-state index in [2.05, 4.69) is 31.1 Å². The van der Waals surface area contributed by atoms with Crippen molar-refractivity contribution in [1.82, 2.24) is 25.3 Å². The lowest BCUT2D eigenvalue weighted by molar-refractivity contribution is 0.373. The van der Waals surface area contributed by atoms with E-state index in [4.69, 9.17) is 29.2 Å². The van der Waals surface area contributed by atoms with Gasteiger partial charge < -0.3 is 9.84 Å². The van der Waals surface area contributed by atoms with Crippen LogP contribution in [0.2, 0.25) is 0 Å². The third-order valence-corrected chi connectivity index (χ3v) is 3.86. The van der Waals surface area contributed by atoms with Crippen LogP contribution in [0.1, 0.15) is 5.56 Å². The Labute approximate surface area is 164 Å². The highest BCUT2D eigenvalue weighted by Crippen LogP contribution is 2.25. The summed E-state index contributed by atoms with van der Waals surface area (Å²) in [6.07, 6.45) is 4.82. The largest absolute Gasteiger partial charge is 0.504 e. The Morgan fingerprint density at radius 1 is 1.33 bits per heavy atom. The minimum absolute atomic E-state index is 0.0221. The Bertz CT molecular complexity index is 1030. The number of nitrogens with zero attached hydrogens (tertiary/aromatic N) is 4. The zero-order chi connectivity index (χ0) is 19.2. The second kappa shape index (κ2) is 8.38. The van der Waals surface area contributed by atoms with Crippen molar-refractivity contribution in [3.63, 3.8) is 0 Å². The van der Waals surface area contributed by atoms with Crippen LogP contribution in [0.15, 0.2) is 47.8 Å². The van der Waals surface area contributed by atoms with Gasteiger partial charge in [-0.25, -0.2) is 9.77 Å². The molecule has 0 atom stereocenters. The molecule has 0 aliphatic carbocycles. The molecular formula is C16H15N7O2S2. The first-order valence-electron chi connectivity index (χ1n) is 7.63. The van der Waals surface area contributed by atoms with Gasteiger partial charge in [0.25, 0.3) is 0 Å².